The van der Waals surface area contributed by atoms with Crippen molar-refractivity contribution in [3.05, 3.63) is 29.8 Å². The lowest BCUT2D eigenvalue weighted by Gasteiger charge is -2.32. The number of nitrogen functional groups attached to an aromatic ring is 1. The largest absolute Gasteiger partial charge is 0.469 e. The van der Waals surface area contributed by atoms with Crippen LogP contribution in [0.4, 0.5) is 5.69 Å². The molecule has 1 aromatic carbocycles. The van der Waals surface area contributed by atoms with Crippen LogP contribution in [-0.4, -0.2) is 68.6 Å². The number of ether oxygens (including phenoxy) is 1. The molecule has 1 atom stereocenters. The number of amides is 1. The van der Waals surface area contributed by atoms with Gasteiger partial charge in [-0.3, -0.25) is 14.5 Å². The predicted octanol–water partition coefficient (Wildman–Crippen LogP) is 0.237. The third kappa shape index (κ3) is 5.50. The van der Waals surface area contributed by atoms with E-state index in [1.54, 1.807) is 12.1 Å². The number of methoxy groups -OCH3 is 1. The van der Waals surface area contributed by atoms with E-state index in [1.807, 2.05) is 12.1 Å². The first-order chi connectivity index (χ1) is 11.5. The number of nitrogens with zero attached hydrogens (tertiary/aromatic N) is 2. The molecule has 132 valence electrons. The van der Waals surface area contributed by atoms with Crippen LogP contribution in [-0.2, 0) is 14.3 Å². The molecule has 1 unspecified atom stereocenters. The van der Waals surface area contributed by atoms with Crippen molar-refractivity contribution in [2.45, 2.75) is 12.5 Å². The fraction of sp³-hybridized carbons (Fsp3) is 0.529. The number of hydrogen-bond acceptors (Lipinski definition) is 6. The molecule has 1 heterocycles. The van der Waals surface area contributed by atoms with Crippen molar-refractivity contribution in [3.8, 4) is 0 Å². The minimum absolute atomic E-state index is 0.0922. The normalized spacial score (nSPS) is 17.2. The maximum atomic E-state index is 12.4. The van der Waals surface area contributed by atoms with Crippen molar-refractivity contribution in [1.82, 2.24) is 15.1 Å². The molecule has 0 spiro atoms. The Bertz CT molecular complexity index is 553. The Hall–Kier alpha value is -2.12. The molecule has 0 bridgehead atoms. The number of piperazine rings is 1. The van der Waals surface area contributed by atoms with Gasteiger partial charge in [0.25, 0.3) is 0 Å². The van der Waals surface area contributed by atoms with Crippen LogP contribution in [0.3, 0.4) is 0 Å². The number of anilines is 1. The molecule has 7 nitrogen and oxygen atoms in total. The fourth-order valence-corrected chi connectivity index (χ4v) is 2.68. The van der Waals surface area contributed by atoms with Crippen LogP contribution >= 0.6 is 0 Å². The van der Waals surface area contributed by atoms with Gasteiger partial charge in [0.1, 0.15) is 0 Å². The maximum absolute atomic E-state index is 12.4. The minimum atomic E-state index is -0.419. The summed E-state index contributed by atoms with van der Waals surface area (Å²) in [6.45, 7) is 3.98. The highest BCUT2D eigenvalue weighted by Crippen LogP contribution is 2.19. The standard InChI is InChI=1S/C17H26N4O3/c1-20-7-9-21(10-8-20)12-16(22)19-15(11-17(23)24-2)13-3-5-14(18)6-4-13/h3-6,15H,7-12,18H2,1-2H3,(H,19,22). The van der Waals surface area contributed by atoms with Crippen LogP contribution in [0.2, 0.25) is 0 Å². The van der Waals surface area contributed by atoms with Crippen molar-refractivity contribution in [1.29, 1.82) is 0 Å². The van der Waals surface area contributed by atoms with Gasteiger partial charge in [-0.2, -0.15) is 0 Å². The van der Waals surface area contributed by atoms with E-state index in [1.165, 1.54) is 7.11 Å². The summed E-state index contributed by atoms with van der Waals surface area (Å²) in [5, 5.41) is 2.94. The van der Waals surface area contributed by atoms with Gasteiger partial charge >= 0.3 is 5.97 Å². The summed E-state index contributed by atoms with van der Waals surface area (Å²) in [4.78, 5) is 28.4. The predicted molar refractivity (Wildman–Crippen MR) is 92.3 cm³/mol. The molecule has 3 N–H and O–H groups in total. The second-order valence-corrected chi connectivity index (χ2v) is 6.15. The van der Waals surface area contributed by atoms with Gasteiger partial charge in [-0.15, -0.1) is 0 Å². The first-order valence-electron chi connectivity index (χ1n) is 8.10. The third-order valence-electron chi connectivity index (χ3n) is 4.24. The van der Waals surface area contributed by atoms with Crippen molar-refractivity contribution >= 4 is 17.6 Å². The van der Waals surface area contributed by atoms with E-state index >= 15 is 0 Å². The molecule has 0 radical (unpaired) electrons. The topological polar surface area (TPSA) is 87.9 Å². The Morgan fingerprint density at radius 3 is 2.42 bits per heavy atom. The molecule has 24 heavy (non-hydrogen) atoms. The number of nitrogens with one attached hydrogen (secondary N) is 1. The average Bonchev–Trinajstić information content (AvgIpc) is 2.57. The van der Waals surface area contributed by atoms with E-state index in [-0.39, 0.29) is 18.3 Å². The zero-order valence-corrected chi connectivity index (χ0v) is 14.3. The maximum Gasteiger partial charge on any atom is 0.307 e. The SMILES string of the molecule is COC(=O)CC(NC(=O)CN1CCN(C)CC1)c1ccc(N)cc1. The Kier molecular flexibility index (Phi) is 6.57. The molecule has 0 aromatic heterocycles. The van der Waals surface area contributed by atoms with Crippen LogP contribution in [0.5, 0.6) is 0 Å². The Labute approximate surface area is 142 Å². The molecule has 1 aromatic rings. The highest BCUT2D eigenvalue weighted by Gasteiger charge is 2.21. The third-order valence-corrected chi connectivity index (χ3v) is 4.24. The van der Waals surface area contributed by atoms with Crippen LogP contribution < -0.4 is 11.1 Å². The van der Waals surface area contributed by atoms with Crippen LogP contribution in [0.1, 0.15) is 18.0 Å². The lowest BCUT2D eigenvalue weighted by molar-refractivity contribution is -0.141. The van der Waals surface area contributed by atoms with E-state index in [9.17, 15) is 9.59 Å². The molecule has 1 amide bonds. The quantitative estimate of drug-likeness (QED) is 0.572. The Morgan fingerprint density at radius 2 is 1.83 bits per heavy atom. The lowest BCUT2D eigenvalue weighted by Crippen LogP contribution is -2.48. The van der Waals surface area contributed by atoms with Gasteiger partial charge in [0.05, 0.1) is 26.1 Å². The van der Waals surface area contributed by atoms with Gasteiger partial charge in [-0.25, -0.2) is 0 Å². The number of rotatable bonds is 6. The molecule has 1 aliphatic heterocycles. The molecule has 7 heteroatoms. The van der Waals surface area contributed by atoms with E-state index in [4.69, 9.17) is 10.5 Å². The second kappa shape index (κ2) is 8.65. The molecule has 0 aliphatic carbocycles. The van der Waals surface area contributed by atoms with E-state index in [0.29, 0.717) is 12.2 Å². The highest BCUT2D eigenvalue weighted by atomic mass is 16.5. The lowest BCUT2D eigenvalue weighted by atomic mass is 10.0. The first kappa shape index (κ1) is 18.2. The van der Waals surface area contributed by atoms with Crippen molar-refractivity contribution in [3.63, 3.8) is 0 Å². The number of benzene rings is 1. The van der Waals surface area contributed by atoms with Crippen molar-refractivity contribution in [2.24, 2.45) is 0 Å². The van der Waals surface area contributed by atoms with E-state index < -0.39 is 6.04 Å². The number of likely N-dealkylation sites (N-methyl/N-ethyl adjacent to an activating group) is 1. The van der Waals surface area contributed by atoms with Crippen LogP contribution in [0.25, 0.3) is 0 Å². The highest BCUT2D eigenvalue weighted by molar-refractivity contribution is 5.79. The molecule has 0 saturated carbocycles. The first-order valence-corrected chi connectivity index (χ1v) is 8.10. The van der Waals surface area contributed by atoms with Gasteiger partial charge in [-0.1, -0.05) is 12.1 Å². The average molecular weight is 334 g/mol. The summed E-state index contributed by atoms with van der Waals surface area (Å²) in [5.41, 5.74) is 7.17. The summed E-state index contributed by atoms with van der Waals surface area (Å²) in [7, 11) is 3.42. The summed E-state index contributed by atoms with van der Waals surface area (Å²) in [6, 6.07) is 6.73. The van der Waals surface area contributed by atoms with E-state index in [2.05, 4.69) is 22.2 Å². The molecule has 1 fully saturated rings. The Morgan fingerprint density at radius 1 is 1.21 bits per heavy atom. The zero-order chi connectivity index (χ0) is 17.5. The van der Waals surface area contributed by atoms with Crippen LogP contribution in [0.15, 0.2) is 24.3 Å². The van der Waals surface area contributed by atoms with Gasteiger partial charge in [0.15, 0.2) is 0 Å². The zero-order valence-electron chi connectivity index (χ0n) is 14.3. The summed E-state index contributed by atoms with van der Waals surface area (Å²) in [5.74, 6) is -0.456. The van der Waals surface area contributed by atoms with Gasteiger partial charge < -0.3 is 20.7 Å². The van der Waals surface area contributed by atoms with Gasteiger partial charge in [0, 0.05) is 31.9 Å². The number of nitrogens with two attached hydrogens (primary N) is 1. The molecule has 2 rings (SSSR count). The van der Waals surface area contributed by atoms with Crippen LogP contribution in [0, 0.1) is 0 Å². The second-order valence-electron chi connectivity index (χ2n) is 6.15. The van der Waals surface area contributed by atoms with Gasteiger partial charge in [-0.05, 0) is 24.7 Å². The van der Waals surface area contributed by atoms with E-state index in [0.717, 1.165) is 31.7 Å². The number of carbonyl (C=O) groups is 2. The monoisotopic (exact) mass is 334 g/mol. The Balaban J connectivity index is 1.97. The minimum Gasteiger partial charge on any atom is -0.469 e. The molecular formula is C17H26N4O3. The number of esters is 1. The summed E-state index contributed by atoms with van der Waals surface area (Å²) >= 11 is 0. The summed E-state index contributed by atoms with van der Waals surface area (Å²) < 4.78 is 4.74. The number of carbonyl (C=O) groups excluding carboxylic acids is 2. The fourth-order valence-electron chi connectivity index (χ4n) is 2.68. The molecule has 1 saturated heterocycles. The smallest absolute Gasteiger partial charge is 0.307 e. The molecular weight excluding hydrogens is 308 g/mol. The number of hydrogen-bond donors (Lipinski definition) is 2. The van der Waals surface area contributed by atoms with Gasteiger partial charge in [0.2, 0.25) is 5.91 Å². The summed E-state index contributed by atoms with van der Waals surface area (Å²) in [6.07, 6.45) is 0.0922. The van der Waals surface area contributed by atoms with Crippen molar-refractivity contribution < 1.29 is 14.3 Å². The van der Waals surface area contributed by atoms with Crippen molar-refractivity contribution in [2.75, 3.05) is 52.6 Å². The molecule has 1 aliphatic rings.